The quantitative estimate of drug-likeness (QED) is 0.863. The number of nitrogens with one attached hydrogen (secondary N) is 1. The van der Waals surface area contributed by atoms with E-state index in [-0.39, 0.29) is 18.1 Å². The Balaban J connectivity index is 2.52. The first-order valence-electron chi connectivity index (χ1n) is 5.22. The number of hydrogen-bond donors (Lipinski definition) is 1. The Bertz CT molecular complexity index is 578. The van der Waals surface area contributed by atoms with E-state index in [2.05, 4.69) is 20.8 Å². The summed E-state index contributed by atoms with van der Waals surface area (Å²) in [4.78, 5) is 0. The van der Waals surface area contributed by atoms with Crippen molar-refractivity contribution in [1.29, 1.82) is 0 Å². The topological polar surface area (TPSA) is 55.6 Å². The van der Waals surface area contributed by atoms with Gasteiger partial charge in [-0.15, -0.1) is 5.10 Å². The molecule has 9 heteroatoms. The van der Waals surface area contributed by atoms with Crippen LogP contribution in [0.4, 0.5) is 17.6 Å². The third kappa shape index (κ3) is 2.70. The van der Waals surface area contributed by atoms with E-state index in [1.807, 2.05) is 0 Å². The number of halogens is 4. The lowest BCUT2D eigenvalue weighted by molar-refractivity contribution is -0.137. The fraction of sp³-hybridized carbons (Fsp3) is 0.300. The number of nitrogens with zero attached hydrogens (tertiary/aromatic N) is 4. The lowest BCUT2D eigenvalue weighted by atomic mass is 10.2. The Kier molecular flexibility index (Phi) is 3.47. The molecule has 0 amide bonds. The molecule has 0 saturated carbocycles. The van der Waals surface area contributed by atoms with Crippen LogP contribution < -0.4 is 5.32 Å². The van der Waals surface area contributed by atoms with Gasteiger partial charge in [0.05, 0.1) is 12.1 Å². The molecule has 2 aromatic rings. The zero-order valence-electron chi connectivity index (χ0n) is 9.74. The van der Waals surface area contributed by atoms with Crippen LogP contribution in [0.1, 0.15) is 11.4 Å². The maximum absolute atomic E-state index is 13.6. The summed E-state index contributed by atoms with van der Waals surface area (Å²) in [5.74, 6) is -0.627. The third-order valence-corrected chi connectivity index (χ3v) is 2.37. The number of tetrazole rings is 1. The van der Waals surface area contributed by atoms with Crippen LogP contribution in [0.15, 0.2) is 18.2 Å². The van der Waals surface area contributed by atoms with Crippen molar-refractivity contribution in [2.75, 3.05) is 7.05 Å². The Morgan fingerprint density at radius 3 is 2.68 bits per heavy atom. The first-order chi connectivity index (χ1) is 8.93. The maximum atomic E-state index is 13.6. The van der Waals surface area contributed by atoms with Gasteiger partial charge in [-0.3, -0.25) is 0 Å². The molecule has 5 nitrogen and oxygen atoms in total. The zero-order chi connectivity index (χ0) is 14.0. The molecule has 1 aromatic carbocycles. The Hall–Kier alpha value is -2.03. The first kappa shape index (κ1) is 13.4. The molecule has 102 valence electrons. The van der Waals surface area contributed by atoms with Gasteiger partial charge >= 0.3 is 6.18 Å². The number of benzene rings is 1. The molecule has 0 fully saturated rings. The van der Waals surface area contributed by atoms with Crippen LogP contribution in [0.25, 0.3) is 5.69 Å². The molecule has 0 saturated heterocycles. The molecule has 0 aliphatic rings. The summed E-state index contributed by atoms with van der Waals surface area (Å²) in [5.41, 5.74) is -1.31. The largest absolute Gasteiger partial charge is 0.416 e. The van der Waals surface area contributed by atoms with Crippen molar-refractivity contribution < 1.29 is 17.6 Å². The monoisotopic (exact) mass is 275 g/mol. The third-order valence-electron chi connectivity index (χ3n) is 2.37. The SMILES string of the molecule is CNCc1nnnn1-c1cc(C(F)(F)F)ccc1F. The molecule has 0 unspecified atom stereocenters. The lowest BCUT2D eigenvalue weighted by Gasteiger charge is -2.10. The standard InChI is InChI=1S/C10H9F4N5/c1-15-5-9-16-17-18-19(9)8-4-6(10(12,13)14)2-3-7(8)11/h2-4,15H,5H2,1H3. The molecule has 1 N–H and O–H groups in total. The van der Waals surface area contributed by atoms with Crippen LogP contribution in [-0.2, 0) is 12.7 Å². The molecular formula is C10H9F4N5. The zero-order valence-corrected chi connectivity index (χ0v) is 9.74. The van der Waals surface area contributed by atoms with Crippen LogP contribution >= 0.6 is 0 Å². The number of rotatable bonds is 3. The van der Waals surface area contributed by atoms with Crippen LogP contribution in [0, 0.1) is 5.82 Å². The van der Waals surface area contributed by atoms with E-state index in [0.29, 0.717) is 12.1 Å². The van der Waals surface area contributed by atoms with Gasteiger partial charge in [0.1, 0.15) is 11.5 Å². The summed E-state index contributed by atoms with van der Waals surface area (Å²) in [7, 11) is 1.61. The van der Waals surface area contributed by atoms with Gasteiger partial charge in [0.25, 0.3) is 0 Å². The van der Waals surface area contributed by atoms with Crippen molar-refractivity contribution in [2.45, 2.75) is 12.7 Å². The highest BCUT2D eigenvalue weighted by molar-refractivity contribution is 5.38. The van der Waals surface area contributed by atoms with E-state index >= 15 is 0 Å². The molecule has 0 spiro atoms. The van der Waals surface area contributed by atoms with Crippen molar-refractivity contribution in [2.24, 2.45) is 0 Å². The van der Waals surface area contributed by atoms with Crippen molar-refractivity contribution in [3.8, 4) is 5.69 Å². The molecular weight excluding hydrogens is 266 g/mol. The van der Waals surface area contributed by atoms with Crippen LogP contribution in [0.5, 0.6) is 0 Å². The maximum Gasteiger partial charge on any atom is 0.416 e. The molecule has 0 bridgehead atoms. The Labute approximate surface area is 105 Å². The summed E-state index contributed by atoms with van der Waals surface area (Å²) < 4.78 is 52.4. The van der Waals surface area contributed by atoms with Gasteiger partial charge in [-0.2, -0.15) is 17.9 Å². The predicted molar refractivity (Wildman–Crippen MR) is 56.9 cm³/mol. The van der Waals surface area contributed by atoms with E-state index in [1.54, 1.807) is 7.05 Å². The van der Waals surface area contributed by atoms with E-state index in [9.17, 15) is 17.6 Å². The molecule has 1 aromatic heterocycles. The first-order valence-corrected chi connectivity index (χ1v) is 5.22. The Morgan fingerprint density at radius 1 is 1.32 bits per heavy atom. The van der Waals surface area contributed by atoms with Gasteiger partial charge in [0, 0.05) is 0 Å². The summed E-state index contributed by atoms with van der Waals surface area (Å²) in [6.45, 7) is 0.197. The molecule has 0 aliphatic heterocycles. The summed E-state index contributed by atoms with van der Waals surface area (Å²) >= 11 is 0. The second-order valence-electron chi connectivity index (χ2n) is 3.70. The molecule has 0 atom stereocenters. The van der Waals surface area contributed by atoms with Gasteiger partial charge in [-0.1, -0.05) is 0 Å². The number of alkyl halides is 3. The van der Waals surface area contributed by atoms with E-state index in [0.717, 1.165) is 10.7 Å². The second kappa shape index (κ2) is 4.92. The summed E-state index contributed by atoms with van der Waals surface area (Å²) in [5, 5.41) is 13.2. The number of hydrogen-bond acceptors (Lipinski definition) is 4. The fourth-order valence-electron chi connectivity index (χ4n) is 1.51. The van der Waals surface area contributed by atoms with Gasteiger partial charge < -0.3 is 5.32 Å². The molecule has 1 heterocycles. The van der Waals surface area contributed by atoms with E-state index < -0.39 is 17.6 Å². The van der Waals surface area contributed by atoms with Crippen LogP contribution in [0.3, 0.4) is 0 Å². The lowest BCUT2D eigenvalue weighted by Crippen LogP contribution is -2.14. The number of aromatic nitrogens is 4. The van der Waals surface area contributed by atoms with Crippen molar-refractivity contribution in [3.63, 3.8) is 0 Å². The molecule has 2 rings (SSSR count). The molecule has 0 radical (unpaired) electrons. The van der Waals surface area contributed by atoms with Crippen LogP contribution in [0.2, 0.25) is 0 Å². The minimum atomic E-state index is -4.56. The van der Waals surface area contributed by atoms with Gasteiger partial charge in [0.2, 0.25) is 0 Å². The van der Waals surface area contributed by atoms with Gasteiger partial charge in [-0.25, -0.2) is 4.39 Å². The highest BCUT2D eigenvalue weighted by Gasteiger charge is 2.31. The molecule has 0 aliphatic carbocycles. The minimum Gasteiger partial charge on any atom is -0.313 e. The highest BCUT2D eigenvalue weighted by Crippen LogP contribution is 2.31. The second-order valence-corrected chi connectivity index (χ2v) is 3.70. The summed E-state index contributed by atoms with van der Waals surface area (Å²) in [6.07, 6.45) is -4.56. The van der Waals surface area contributed by atoms with Crippen molar-refractivity contribution >= 4 is 0 Å². The Morgan fingerprint density at radius 2 is 2.05 bits per heavy atom. The van der Waals surface area contributed by atoms with E-state index in [1.165, 1.54) is 0 Å². The van der Waals surface area contributed by atoms with Crippen molar-refractivity contribution in [1.82, 2.24) is 25.5 Å². The average Bonchev–Trinajstić information content (AvgIpc) is 2.77. The smallest absolute Gasteiger partial charge is 0.313 e. The minimum absolute atomic E-state index is 0.197. The summed E-state index contributed by atoms with van der Waals surface area (Å²) in [6, 6.07) is 2.08. The van der Waals surface area contributed by atoms with Gasteiger partial charge in [-0.05, 0) is 35.7 Å². The van der Waals surface area contributed by atoms with E-state index in [4.69, 9.17) is 0 Å². The van der Waals surface area contributed by atoms with Crippen molar-refractivity contribution in [3.05, 3.63) is 35.4 Å². The molecule has 19 heavy (non-hydrogen) atoms. The highest BCUT2D eigenvalue weighted by atomic mass is 19.4. The normalized spacial score (nSPS) is 11.8. The van der Waals surface area contributed by atoms with Crippen LogP contribution in [-0.4, -0.2) is 27.3 Å². The predicted octanol–water partition coefficient (Wildman–Crippen LogP) is 1.54. The van der Waals surface area contributed by atoms with Gasteiger partial charge in [0.15, 0.2) is 5.82 Å². The average molecular weight is 275 g/mol. The fourth-order valence-corrected chi connectivity index (χ4v) is 1.51.